The van der Waals surface area contributed by atoms with E-state index in [1.165, 1.54) is 0 Å². The van der Waals surface area contributed by atoms with Crippen LogP contribution in [-0.2, 0) is 7.05 Å². The van der Waals surface area contributed by atoms with E-state index in [1.807, 2.05) is 18.5 Å². The summed E-state index contributed by atoms with van der Waals surface area (Å²) in [5, 5.41) is 9.59. The van der Waals surface area contributed by atoms with Crippen LogP contribution < -0.4 is 20.7 Å². The van der Waals surface area contributed by atoms with Gasteiger partial charge < -0.3 is 20.7 Å². The zero-order valence-corrected chi connectivity index (χ0v) is 20.7. The molecule has 1 aromatic carbocycles. The number of nitrogens with zero attached hydrogens (tertiary/aromatic N) is 6. The Hall–Kier alpha value is -3.51. The van der Waals surface area contributed by atoms with Crippen LogP contribution in [0.3, 0.4) is 0 Å². The number of nitrogens with two attached hydrogens (primary N) is 1. The Balaban J connectivity index is 1.30. The highest BCUT2D eigenvalue weighted by Gasteiger charge is 2.49. The number of aryl methyl sites for hydroxylation is 1. The van der Waals surface area contributed by atoms with Crippen molar-refractivity contribution in [3.63, 3.8) is 0 Å². The van der Waals surface area contributed by atoms with Crippen LogP contribution in [0.1, 0.15) is 12.8 Å². The number of hydrogen-bond donors (Lipinski definition) is 2. The van der Waals surface area contributed by atoms with Gasteiger partial charge in [0, 0.05) is 32.4 Å². The summed E-state index contributed by atoms with van der Waals surface area (Å²) in [5.74, 6) is 0.215. The van der Waals surface area contributed by atoms with Crippen molar-refractivity contribution in [2.24, 2.45) is 7.05 Å². The number of fused-ring (bicyclic) bond motifs is 1. The van der Waals surface area contributed by atoms with Crippen molar-refractivity contribution in [3.05, 3.63) is 35.8 Å². The maximum atomic E-state index is 13.3. The highest BCUT2D eigenvalue weighted by atomic mass is 32.1. The molecule has 0 bridgehead atoms. The zero-order chi connectivity index (χ0) is 25.0. The van der Waals surface area contributed by atoms with Crippen LogP contribution in [0.2, 0.25) is 0 Å². The number of nitrogen functional groups attached to an aromatic ring is 1. The Bertz CT molecular complexity index is 1430. The largest absolute Gasteiger partial charge is 0.433 e. The molecule has 2 aliphatic heterocycles. The standard InChI is InChI=1S/C24H26F2N8OS/c1-32-8-3-6-24(32)12-34(13-24)18-11-19(35-22(25)26)16(10-14(18)27)30-23-28-7-4-15(29-23)20-21-17(5-9-36-21)33(2)31-20/h4-5,7,9-11,22H,3,6,8,12-13,27H2,1-2H3,(H,28,29,30). The van der Waals surface area contributed by atoms with Crippen molar-refractivity contribution in [2.45, 2.75) is 25.0 Å². The quantitative estimate of drug-likeness (QED) is 0.369. The van der Waals surface area contributed by atoms with Gasteiger partial charge in [0.25, 0.3) is 0 Å². The van der Waals surface area contributed by atoms with Crippen LogP contribution in [0.5, 0.6) is 5.75 Å². The first-order chi connectivity index (χ1) is 17.3. The SMILES string of the molecule is CN1CCCC12CN(c1cc(OC(F)F)c(Nc3nccc(-c4nn(C)c5ccsc45)n3)cc1N)C2. The molecule has 0 aliphatic carbocycles. The Kier molecular flexibility index (Phi) is 5.45. The van der Waals surface area contributed by atoms with Gasteiger partial charge in [0.1, 0.15) is 5.69 Å². The zero-order valence-electron chi connectivity index (χ0n) is 19.9. The number of ether oxygens (including phenoxy) is 1. The lowest BCUT2D eigenvalue weighted by molar-refractivity contribution is -0.0493. The number of nitrogens with one attached hydrogen (secondary N) is 1. The second kappa shape index (κ2) is 8.56. The Morgan fingerprint density at radius 2 is 2.06 bits per heavy atom. The van der Waals surface area contributed by atoms with Crippen molar-refractivity contribution in [1.82, 2.24) is 24.6 Å². The Morgan fingerprint density at radius 1 is 1.22 bits per heavy atom. The number of hydrogen-bond acceptors (Lipinski definition) is 9. The molecular weight excluding hydrogens is 486 g/mol. The normalized spacial score (nSPS) is 17.3. The highest BCUT2D eigenvalue weighted by Crippen LogP contribution is 2.44. The molecule has 2 fully saturated rings. The minimum absolute atomic E-state index is 0.0117. The first kappa shape index (κ1) is 22.9. The van der Waals surface area contributed by atoms with Crippen LogP contribution in [0, 0.1) is 0 Å². The second-order valence-electron chi connectivity index (χ2n) is 9.39. The Labute approximate surface area is 210 Å². The molecule has 6 rings (SSSR count). The number of likely N-dealkylation sites (N-methyl/N-ethyl adjacent to an activating group) is 1. The average molecular weight is 513 g/mol. The fourth-order valence-corrected chi connectivity index (χ4v) is 6.19. The summed E-state index contributed by atoms with van der Waals surface area (Å²) in [4.78, 5) is 13.3. The predicted octanol–water partition coefficient (Wildman–Crippen LogP) is 4.30. The molecule has 36 heavy (non-hydrogen) atoms. The summed E-state index contributed by atoms with van der Waals surface area (Å²) >= 11 is 1.58. The number of thiophene rings is 1. The van der Waals surface area contributed by atoms with Crippen LogP contribution in [0.15, 0.2) is 35.8 Å². The van der Waals surface area contributed by atoms with Crippen molar-refractivity contribution in [1.29, 1.82) is 0 Å². The van der Waals surface area contributed by atoms with Gasteiger partial charge in [0.15, 0.2) is 5.75 Å². The van der Waals surface area contributed by atoms with Gasteiger partial charge in [0.05, 0.1) is 38.5 Å². The summed E-state index contributed by atoms with van der Waals surface area (Å²) in [6, 6.07) is 6.94. The number of aromatic nitrogens is 4. The van der Waals surface area contributed by atoms with Gasteiger partial charge in [-0.05, 0) is 50.0 Å². The summed E-state index contributed by atoms with van der Waals surface area (Å²) in [6.45, 7) is -0.303. The van der Waals surface area contributed by atoms with E-state index in [2.05, 4.69) is 37.2 Å². The lowest BCUT2D eigenvalue weighted by Crippen LogP contribution is -2.67. The van der Waals surface area contributed by atoms with Crippen molar-refractivity contribution in [2.75, 3.05) is 42.6 Å². The van der Waals surface area contributed by atoms with Crippen molar-refractivity contribution >= 4 is 44.6 Å². The molecule has 12 heteroatoms. The highest BCUT2D eigenvalue weighted by molar-refractivity contribution is 7.17. The molecule has 2 saturated heterocycles. The molecule has 2 aliphatic rings. The van der Waals surface area contributed by atoms with Crippen LogP contribution in [-0.4, -0.2) is 63.5 Å². The third kappa shape index (κ3) is 3.80. The van der Waals surface area contributed by atoms with E-state index in [0.29, 0.717) is 17.1 Å². The van der Waals surface area contributed by atoms with E-state index in [9.17, 15) is 8.78 Å². The molecular formula is C24H26F2N8OS. The number of halogens is 2. The molecule has 9 nitrogen and oxygen atoms in total. The smallest absolute Gasteiger partial charge is 0.387 e. The lowest BCUT2D eigenvalue weighted by Gasteiger charge is -2.53. The number of likely N-dealkylation sites (tertiary alicyclic amines) is 1. The topological polar surface area (TPSA) is 97.4 Å². The van der Waals surface area contributed by atoms with E-state index >= 15 is 0 Å². The Morgan fingerprint density at radius 3 is 2.81 bits per heavy atom. The van der Waals surface area contributed by atoms with E-state index in [1.54, 1.807) is 40.4 Å². The van der Waals surface area contributed by atoms with Gasteiger partial charge in [0.2, 0.25) is 5.95 Å². The number of anilines is 4. The van der Waals surface area contributed by atoms with Gasteiger partial charge in [-0.1, -0.05) is 0 Å². The van der Waals surface area contributed by atoms with Crippen LogP contribution in [0.4, 0.5) is 31.8 Å². The molecule has 0 amide bonds. The maximum absolute atomic E-state index is 13.3. The average Bonchev–Trinajstić information content (AvgIpc) is 3.52. The molecule has 5 heterocycles. The lowest BCUT2D eigenvalue weighted by atomic mass is 9.86. The summed E-state index contributed by atoms with van der Waals surface area (Å²) < 4.78 is 34.3. The number of rotatable bonds is 6. The number of alkyl halides is 2. The summed E-state index contributed by atoms with van der Waals surface area (Å²) in [6.07, 6.45) is 3.89. The van der Waals surface area contributed by atoms with Crippen LogP contribution >= 0.6 is 11.3 Å². The van der Waals surface area contributed by atoms with Gasteiger partial charge in [-0.15, -0.1) is 11.3 Å². The van der Waals surface area contributed by atoms with Gasteiger partial charge in [-0.3, -0.25) is 9.58 Å². The minimum atomic E-state index is -2.99. The third-order valence-corrected chi connectivity index (χ3v) is 8.11. The van der Waals surface area contributed by atoms with E-state index in [0.717, 1.165) is 48.4 Å². The molecule has 3 aromatic heterocycles. The molecule has 1 spiro atoms. The number of benzene rings is 1. The van der Waals surface area contributed by atoms with E-state index in [4.69, 9.17) is 10.5 Å². The molecule has 3 N–H and O–H groups in total. The van der Waals surface area contributed by atoms with Crippen LogP contribution in [0.25, 0.3) is 21.6 Å². The first-order valence-corrected chi connectivity index (χ1v) is 12.6. The predicted molar refractivity (Wildman–Crippen MR) is 137 cm³/mol. The third-order valence-electron chi connectivity index (χ3n) is 7.20. The summed E-state index contributed by atoms with van der Waals surface area (Å²) in [5.41, 5.74) is 10.3. The maximum Gasteiger partial charge on any atom is 0.387 e. The molecule has 0 unspecified atom stereocenters. The fraction of sp³-hybridized carbons (Fsp3) is 0.375. The molecule has 0 atom stereocenters. The molecule has 0 radical (unpaired) electrons. The molecule has 0 saturated carbocycles. The fourth-order valence-electron chi connectivity index (χ4n) is 5.28. The van der Waals surface area contributed by atoms with Gasteiger partial charge >= 0.3 is 6.61 Å². The first-order valence-electron chi connectivity index (χ1n) is 11.7. The van der Waals surface area contributed by atoms with E-state index < -0.39 is 6.61 Å². The van der Waals surface area contributed by atoms with Gasteiger partial charge in [-0.2, -0.15) is 13.9 Å². The van der Waals surface area contributed by atoms with Crippen molar-refractivity contribution in [3.8, 4) is 17.1 Å². The molecule has 4 aromatic rings. The van der Waals surface area contributed by atoms with Gasteiger partial charge in [-0.25, -0.2) is 9.97 Å². The van der Waals surface area contributed by atoms with Crippen molar-refractivity contribution < 1.29 is 13.5 Å². The monoisotopic (exact) mass is 512 g/mol. The molecule has 188 valence electrons. The van der Waals surface area contributed by atoms with E-state index in [-0.39, 0.29) is 22.9 Å². The minimum Gasteiger partial charge on any atom is -0.433 e. The summed E-state index contributed by atoms with van der Waals surface area (Å²) in [7, 11) is 4.01. The second-order valence-corrected chi connectivity index (χ2v) is 10.3.